The fourth-order valence-electron chi connectivity index (χ4n) is 1.84. The number of nitro groups is 1. The normalized spacial score (nSPS) is 10.8. The van der Waals surface area contributed by atoms with Crippen molar-refractivity contribution >= 4 is 17.3 Å². The van der Waals surface area contributed by atoms with Gasteiger partial charge in [-0.15, -0.1) is 0 Å². The molecular formula is C16H12N2O3. The van der Waals surface area contributed by atoms with Gasteiger partial charge in [0.25, 0.3) is 5.69 Å². The largest absolute Gasteiger partial charge is 0.497 e. The molecule has 104 valence electrons. The molecular weight excluding hydrogens is 268 g/mol. The highest BCUT2D eigenvalue weighted by Crippen LogP contribution is 2.22. The summed E-state index contributed by atoms with van der Waals surface area (Å²) >= 11 is 0. The molecule has 0 aromatic heterocycles. The standard InChI is InChI=1S/C16H12N2O3/c1-21-16-4-2-3-12(10-16)9-14(11-17)13-5-7-15(8-6-13)18(19)20/h2-10H,1H3/b14-9+. The van der Waals surface area contributed by atoms with Crippen LogP contribution in [0.5, 0.6) is 5.75 Å². The lowest BCUT2D eigenvalue weighted by Crippen LogP contribution is -1.88. The van der Waals surface area contributed by atoms with Gasteiger partial charge < -0.3 is 4.74 Å². The molecule has 0 N–H and O–H groups in total. The number of hydrogen-bond donors (Lipinski definition) is 0. The number of rotatable bonds is 4. The highest BCUT2D eigenvalue weighted by molar-refractivity contribution is 5.89. The van der Waals surface area contributed by atoms with Gasteiger partial charge in [-0.25, -0.2) is 0 Å². The van der Waals surface area contributed by atoms with Crippen LogP contribution in [0, 0.1) is 21.4 Å². The first-order valence-corrected chi connectivity index (χ1v) is 6.14. The highest BCUT2D eigenvalue weighted by Gasteiger charge is 2.07. The third kappa shape index (κ3) is 3.45. The Kier molecular flexibility index (Phi) is 4.32. The molecule has 0 saturated heterocycles. The molecule has 0 saturated carbocycles. The molecule has 0 heterocycles. The van der Waals surface area contributed by atoms with Crippen molar-refractivity contribution in [3.8, 4) is 11.8 Å². The summed E-state index contributed by atoms with van der Waals surface area (Å²) in [5.41, 5.74) is 1.88. The first kappa shape index (κ1) is 14.3. The first-order chi connectivity index (χ1) is 10.1. The van der Waals surface area contributed by atoms with Crippen LogP contribution in [0.4, 0.5) is 5.69 Å². The lowest BCUT2D eigenvalue weighted by atomic mass is 10.0. The topological polar surface area (TPSA) is 76.2 Å². The van der Waals surface area contributed by atoms with Crippen LogP contribution >= 0.6 is 0 Å². The van der Waals surface area contributed by atoms with E-state index >= 15 is 0 Å². The van der Waals surface area contributed by atoms with Crippen LogP contribution in [0.2, 0.25) is 0 Å². The molecule has 0 aliphatic rings. The van der Waals surface area contributed by atoms with Crippen molar-refractivity contribution in [2.75, 3.05) is 7.11 Å². The highest BCUT2D eigenvalue weighted by atomic mass is 16.6. The number of hydrogen-bond acceptors (Lipinski definition) is 4. The average Bonchev–Trinajstić information content (AvgIpc) is 2.53. The van der Waals surface area contributed by atoms with Crippen molar-refractivity contribution in [2.45, 2.75) is 0 Å². The van der Waals surface area contributed by atoms with Gasteiger partial charge in [-0.2, -0.15) is 5.26 Å². The van der Waals surface area contributed by atoms with Crippen LogP contribution in [0.25, 0.3) is 11.6 Å². The van der Waals surface area contributed by atoms with E-state index in [9.17, 15) is 15.4 Å². The maximum atomic E-state index is 10.6. The monoisotopic (exact) mass is 280 g/mol. The van der Waals surface area contributed by atoms with Gasteiger partial charge in [0.2, 0.25) is 0 Å². The Balaban J connectivity index is 2.36. The quantitative estimate of drug-likeness (QED) is 0.370. The van der Waals surface area contributed by atoms with E-state index in [0.717, 1.165) is 5.56 Å². The molecule has 0 unspecified atom stereocenters. The maximum Gasteiger partial charge on any atom is 0.269 e. The lowest BCUT2D eigenvalue weighted by Gasteiger charge is -2.02. The van der Waals surface area contributed by atoms with Gasteiger partial charge in [-0.1, -0.05) is 12.1 Å². The van der Waals surface area contributed by atoms with Crippen LogP contribution < -0.4 is 4.74 Å². The number of benzene rings is 2. The van der Waals surface area contributed by atoms with Crippen molar-refractivity contribution in [3.05, 3.63) is 69.8 Å². The van der Waals surface area contributed by atoms with E-state index in [2.05, 4.69) is 6.07 Å². The van der Waals surface area contributed by atoms with Gasteiger partial charge >= 0.3 is 0 Å². The van der Waals surface area contributed by atoms with Gasteiger partial charge in [-0.3, -0.25) is 10.1 Å². The summed E-state index contributed by atoms with van der Waals surface area (Å²) < 4.78 is 5.13. The molecule has 5 heteroatoms. The summed E-state index contributed by atoms with van der Waals surface area (Å²) in [6.07, 6.45) is 1.71. The summed E-state index contributed by atoms with van der Waals surface area (Å²) in [5.74, 6) is 0.699. The molecule has 2 rings (SSSR count). The zero-order valence-electron chi connectivity index (χ0n) is 11.3. The smallest absolute Gasteiger partial charge is 0.269 e. The Hall–Kier alpha value is -3.13. The zero-order valence-corrected chi connectivity index (χ0v) is 11.3. The second-order valence-electron chi connectivity index (χ2n) is 4.25. The lowest BCUT2D eigenvalue weighted by molar-refractivity contribution is -0.384. The summed E-state index contributed by atoms with van der Waals surface area (Å²) in [4.78, 5) is 10.2. The van der Waals surface area contributed by atoms with Crippen LogP contribution in [0.1, 0.15) is 11.1 Å². The zero-order chi connectivity index (χ0) is 15.2. The van der Waals surface area contributed by atoms with Gasteiger partial charge in [-0.05, 0) is 41.5 Å². The Labute approximate surface area is 121 Å². The van der Waals surface area contributed by atoms with Gasteiger partial charge in [0, 0.05) is 12.1 Å². The average molecular weight is 280 g/mol. The minimum Gasteiger partial charge on any atom is -0.497 e. The number of nitrogens with zero attached hydrogens (tertiary/aromatic N) is 2. The molecule has 0 atom stereocenters. The Morgan fingerprint density at radius 2 is 2.00 bits per heavy atom. The molecule has 0 radical (unpaired) electrons. The number of ether oxygens (including phenoxy) is 1. The van der Waals surface area contributed by atoms with E-state index in [1.807, 2.05) is 24.3 Å². The molecule has 0 aliphatic carbocycles. The van der Waals surface area contributed by atoms with Crippen molar-refractivity contribution in [2.24, 2.45) is 0 Å². The maximum absolute atomic E-state index is 10.6. The molecule has 2 aromatic carbocycles. The third-order valence-corrected chi connectivity index (χ3v) is 2.91. The number of nitro benzene ring substituents is 1. The van der Waals surface area contributed by atoms with E-state index in [1.165, 1.54) is 12.1 Å². The predicted molar refractivity (Wildman–Crippen MR) is 79.6 cm³/mol. The summed E-state index contributed by atoms with van der Waals surface area (Å²) in [5, 5.41) is 19.9. The Bertz CT molecular complexity index is 728. The molecule has 0 fully saturated rings. The van der Waals surface area contributed by atoms with Crippen molar-refractivity contribution in [3.63, 3.8) is 0 Å². The fraction of sp³-hybridized carbons (Fsp3) is 0.0625. The van der Waals surface area contributed by atoms with Crippen LogP contribution in [-0.2, 0) is 0 Å². The summed E-state index contributed by atoms with van der Waals surface area (Å²) in [7, 11) is 1.57. The SMILES string of the molecule is COc1cccc(/C=C(\C#N)c2ccc([N+](=O)[O-])cc2)c1. The Morgan fingerprint density at radius 1 is 1.29 bits per heavy atom. The first-order valence-electron chi connectivity index (χ1n) is 6.14. The van der Waals surface area contributed by atoms with E-state index in [0.29, 0.717) is 16.9 Å². The van der Waals surface area contributed by atoms with Gasteiger partial charge in [0.1, 0.15) is 5.75 Å². The summed E-state index contributed by atoms with van der Waals surface area (Å²) in [6, 6.07) is 15.3. The van der Waals surface area contributed by atoms with Crippen LogP contribution in [0.3, 0.4) is 0 Å². The molecule has 0 aliphatic heterocycles. The van der Waals surface area contributed by atoms with Crippen molar-refractivity contribution in [1.82, 2.24) is 0 Å². The van der Waals surface area contributed by atoms with Crippen LogP contribution in [0.15, 0.2) is 48.5 Å². The van der Waals surface area contributed by atoms with Crippen LogP contribution in [-0.4, -0.2) is 12.0 Å². The summed E-state index contributed by atoms with van der Waals surface area (Å²) in [6.45, 7) is 0. The molecule has 5 nitrogen and oxygen atoms in total. The molecule has 0 spiro atoms. The number of nitriles is 1. The second-order valence-corrected chi connectivity index (χ2v) is 4.25. The van der Waals surface area contributed by atoms with Crippen molar-refractivity contribution in [1.29, 1.82) is 5.26 Å². The van der Waals surface area contributed by atoms with E-state index in [1.54, 1.807) is 25.3 Å². The number of allylic oxidation sites excluding steroid dienone is 1. The molecule has 0 amide bonds. The van der Waals surface area contributed by atoms with Gasteiger partial charge in [0.15, 0.2) is 0 Å². The van der Waals surface area contributed by atoms with E-state index in [-0.39, 0.29) is 5.69 Å². The Morgan fingerprint density at radius 3 is 2.57 bits per heavy atom. The number of non-ortho nitro benzene ring substituents is 1. The number of methoxy groups -OCH3 is 1. The van der Waals surface area contributed by atoms with E-state index < -0.39 is 4.92 Å². The second kappa shape index (κ2) is 6.35. The molecule has 0 bridgehead atoms. The van der Waals surface area contributed by atoms with Crippen molar-refractivity contribution < 1.29 is 9.66 Å². The van der Waals surface area contributed by atoms with Gasteiger partial charge in [0.05, 0.1) is 23.7 Å². The molecule has 2 aromatic rings. The molecule has 21 heavy (non-hydrogen) atoms. The van der Waals surface area contributed by atoms with E-state index in [4.69, 9.17) is 4.74 Å². The predicted octanol–water partition coefficient (Wildman–Crippen LogP) is 3.67. The fourth-order valence-corrected chi connectivity index (χ4v) is 1.84. The minimum atomic E-state index is -0.471. The minimum absolute atomic E-state index is 0.00239. The third-order valence-electron chi connectivity index (χ3n) is 2.91.